The van der Waals surface area contributed by atoms with E-state index in [0.29, 0.717) is 0 Å². The van der Waals surface area contributed by atoms with Gasteiger partial charge in [-0.15, -0.1) is 0 Å². The fourth-order valence-electron chi connectivity index (χ4n) is 11.8. The van der Waals surface area contributed by atoms with Gasteiger partial charge in [0.15, 0.2) is 8.07 Å². The Hall–Kier alpha value is -7.78. The standard InChI is InChI=1S/C62H43NSi/c1-5-22-45(23-6-1)63-56-36-16-15-30-50(56)55-41-43(38-39-57(55)63)42-20-17-21-44(40-42)49-33-18-34-53-59-51-31-13-14-32-52(51)62(60(49)53)61-54(59)35-19-37-58(61)64(46-24-7-2-8-25-46,47-26-9-3-10-27-47)48-28-11-4-12-29-48/h1-41,59,62H. The molecule has 2 heteroatoms. The van der Waals surface area contributed by atoms with Crippen molar-refractivity contribution >= 4 is 50.6 Å². The lowest BCUT2D eigenvalue weighted by Gasteiger charge is -2.47. The molecular formula is C62H43NSi. The summed E-state index contributed by atoms with van der Waals surface area (Å²) in [4.78, 5) is 0. The zero-order valence-corrected chi connectivity index (χ0v) is 36.3. The van der Waals surface area contributed by atoms with Crippen LogP contribution in [-0.4, -0.2) is 12.6 Å². The topological polar surface area (TPSA) is 4.93 Å². The van der Waals surface area contributed by atoms with Crippen LogP contribution in [0.3, 0.4) is 0 Å². The third-order valence-electron chi connectivity index (χ3n) is 14.3. The molecule has 0 spiro atoms. The highest BCUT2D eigenvalue weighted by molar-refractivity contribution is 7.20. The third-order valence-corrected chi connectivity index (χ3v) is 19.2. The quantitative estimate of drug-likeness (QED) is 0.111. The molecule has 0 aliphatic heterocycles. The molecule has 3 aliphatic carbocycles. The average Bonchev–Trinajstić information content (AvgIpc) is 3.71. The maximum atomic E-state index is 2.50. The molecule has 300 valence electrons. The van der Waals surface area contributed by atoms with Crippen LogP contribution >= 0.6 is 0 Å². The summed E-state index contributed by atoms with van der Waals surface area (Å²) in [5.74, 6) is 0.193. The summed E-state index contributed by atoms with van der Waals surface area (Å²) < 4.78 is 2.39. The van der Waals surface area contributed by atoms with Gasteiger partial charge < -0.3 is 4.57 Å². The molecule has 10 aromatic carbocycles. The second-order valence-corrected chi connectivity index (χ2v) is 21.2. The number of para-hydroxylation sites is 2. The fourth-order valence-corrected chi connectivity index (χ4v) is 16.8. The van der Waals surface area contributed by atoms with Crippen molar-refractivity contribution in [2.75, 3.05) is 0 Å². The van der Waals surface area contributed by atoms with Crippen molar-refractivity contribution in [2.24, 2.45) is 0 Å². The Morgan fingerprint density at radius 1 is 0.312 bits per heavy atom. The molecule has 64 heavy (non-hydrogen) atoms. The molecule has 0 saturated heterocycles. The Morgan fingerprint density at radius 2 is 0.812 bits per heavy atom. The maximum absolute atomic E-state index is 2.87. The van der Waals surface area contributed by atoms with E-state index in [1.165, 1.54) is 104 Å². The first-order valence-electron chi connectivity index (χ1n) is 22.5. The van der Waals surface area contributed by atoms with Gasteiger partial charge in [0.05, 0.1) is 11.0 Å². The first-order valence-corrected chi connectivity index (χ1v) is 24.5. The summed E-state index contributed by atoms with van der Waals surface area (Å²) in [5, 5.41) is 8.22. The number of rotatable bonds is 7. The van der Waals surface area contributed by atoms with Crippen LogP contribution in [0, 0.1) is 0 Å². The lowest BCUT2D eigenvalue weighted by molar-refractivity contribution is 0.760. The summed E-state index contributed by atoms with van der Waals surface area (Å²) in [6, 6.07) is 93.8. The lowest BCUT2D eigenvalue weighted by atomic mass is 9.60. The zero-order chi connectivity index (χ0) is 42.2. The number of hydrogen-bond acceptors (Lipinski definition) is 0. The van der Waals surface area contributed by atoms with Crippen LogP contribution in [0.1, 0.15) is 45.2 Å². The normalized spacial score (nSPS) is 14.9. The molecule has 2 atom stereocenters. The minimum absolute atomic E-state index is 0.0609. The first-order chi connectivity index (χ1) is 31.8. The molecule has 2 unspecified atom stereocenters. The predicted octanol–water partition coefficient (Wildman–Crippen LogP) is 12.5. The Balaban J connectivity index is 1.03. The van der Waals surface area contributed by atoms with Gasteiger partial charge in [-0.2, -0.15) is 0 Å². The minimum atomic E-state index is -2.87. The van der Waals surface area contributed by atoms with Gasteiger partial charge in [-0.3, -0.25) is 0 Å². The predicted molar refractivity (Wildman–Crippen MR) is 270 cm³/mol. The first kappa shape index (κ1) is 36.8. The van der Waals surface area contributed by atoms with Gasteiger partial charge in [0.25, 0.3) is 0 Å². The fraction of sp³-hybridized carbons (Fsp3) is 0.0323. The number of hydrogen-bond donors (Lipinski definition) is 0. The van der Waals surface area contributed by atoms with Crippen LogP contribution < -0.4 is 20.7 Å². The van der Waals surface area contributed by atoms with E-state index in [2.05, 4.69) is 253 Å². The Morgan fingerprint density at radius 3 is 1.50 bits per heavy atom. The van der Waals surface area contributed by atoms with Crippen LogP contribution in [0.2, 0.25) is 0 Å². The molecule has 0 fully saturated rings. The highest BCUT2D eigenvalue weighted by Gasteiger charge is 2.49. The smallest absolute Gasteiger partial charge is 0.179 e. The summed E-state index contributed by atoms with van der Waals surface area (Å²) in [5.41, 5.74) is 17.3. The Bertz CT molecular complexity index is 3460. The molecule has 1 nitrogen and oxygen atoms in total. The number of nitrogens with zero attached hydrogens (tertiary/aromatic N) is 1. The van der Waals surface area contributed by atoms with Gasteiger partial charge in [0, 0.05) is 28.3 Å². The van der Waals surface area contributed by atoms with Crippen molar-refractivity contribution < 1.29 is 0 Å². The molecule has 0 N–H and O–H groups in total. The molecule has 11 aromatic rings. The van der Waals surface area contributed by atoms with Crippen LogP contribution in [0.15, 0.2) is 249 Å². The molecule has 1 heterocycles. The highest BCUT2D eigenvalue weighted by atomic mass is 28.3. The van der Waals surface area contributed by atoms with Crippen molar-refractivity contribution in [3.8, 4) is 27.9 Å². The van der Waals surface area contributed by atoms with Crippen molar-refractivity contribution in [2.45, 2.75) is 11.8 Å². The zero-order valence-electron chi connectivity index (χ0n) is 35.3. The summed E-state index contributed by atoms with van der Waals surface area (Å²) >= 11 is 0. The van der Waals surface area contributed by atoms with E-state index in [-0.39, 0.29) is 11.8 Å². The third kappa shape index (κ3) is 5.36. The molecule has 1 aromatic heterocycles. The average molecular weight is 830 g/mol. The van der Waals surface area contributed by atoms with Crippen LogP contribution in [0.5, 0.6) is 0 Å². The van der Waals surface area contributed by atoms with E-state index in [1.54, 1.807) is 0 Å². The summed E-state index contributed by atoms with van der Waals surface area (Å²) in [7, 11) is -2.87. The van der Waals surface area contributed by atoms with Gasteiger partial charge in [-0.05, 0) is 113 Å². The molecule has 0 radical (unpaired) electrons. The van der Waals surface area contributed by atoms with E-state index < -0.39 is 8.07 Å². The minimum Gasteiger partial charge on any atom is -0.309 e. The van der Waals surface area contributed by atoms with E-state index in [0.717, 1.165) is 0 Å². The molecule has 0 amide bonds. The van der Waals surface area contributed by atoms with E-state index in [1.807, 2.05) is 0 Å². The number of benzene rings is 10. The maximum Gasteiger partial charge on any atom is 0.179 e. The highest BCUT2D eigenvalue weighted by Crippen LogP contribution is 2.57. The molecule has 3 aliphatic rings. The largest absolute Gasteiger partial charge is 0.309 e. The number of fused-ring (bicyclic) bond motifs is 3. The van der Waals surface area contributed by atoms with Gasteiger partial charge in [0.1, 0.15) is 0 Å². The second kappa shape index (κ2) is 14.7. The molecular weight excluding hydrogens is 787 g/mol. The van der Waals surface area contributed by atoms with Crippen LogP contribution in [0.25, 0.3) is 49.7 Å². The van der Waals surface area contributed by atoms with Crippen molar-refractivity contribution in [3.63, 3.8) is 0 Å². The van der Waals surface area contributed by atoms with Gasteiger partial charge in [-0.1, -0.05) is 212 Å². The van der Waals surface area contributed by atoms with Crippen molar-refractivity contribution in [3.05, 3.63) is 282 Å². The van der Waals surface area contributed by atoms with Gasteiger partial charge in [-0.25, -0.2) is 0 Å². The second-order valence-electron chi connectivity index (χ2n) is 17.5. The van der Waals surface area contributed by atoms with Gasteiger partial charge >= 0.3 is 0 Å². The summed E-state index contributed by atoms with van der Waals surface area (Å²) in [6.07, 6.45) is 0. The SMILES string of the molecule is c1ccc(-n2c3ccccc3c3cc(-c4cccc(-c5cccc6c5C5c7ccccc7C6c6cccc([Si](c7ccccc7)(c7ccccc7)c7ccccc7)c65)c4)ccc32)cc1. The van der Waals surface area contributed by atoms with Crippen LogP contribution in [-0.2, 0) is 0 Å². The Labute approximate surface area is 375 Å². The van der Waals surface area contributed by atoms with E-state index >= 15 is 0 Å². The lowest BCUT2D eigenvalue weighted by Crippen LogP contribution is -2.75. The molecule has 0 saturated carbocycles. The van der Waals surface area contributed by atoms with Gasteiger partial charge in [0.2, 0.25) is 0 Å². The monoisotopic (exact) mass is 829 g/mol. The molecule has 14 rings (SSSR count). The van der Waals surface area contributed by atoms with E-state index in [9.17, 15) is 0 Å². The van der Waals surface area contributed by atoms with Crippen LogP contribution in [0.4, 0.5) is 0 Å². The summed E-state index contributed by atoms with van der Waals surface area (Å²) in [6.45, 7) is 0. The van der Waals surface area contributed by atoms with Crippen molar-refractivity contribution in [1.82, 2.24) is 4.57 Å². The van der Waals surface area contributed by atoms with E-state index in [4.69, 9.17) is 0 Å². The van der Waals surface area contributed by atoms with Crippen molar-refractivity contribution in [1.29, 1.82) is 0 Å². The number of aromatic nitrogens is 1. The Kier molecular flexibility index (Phi) is 8.44. The molecule has 2 bridgehead atoms.